The first-order chi connectivity index (χ1) is 17.7. The molecule has 6 nitrogen and oxygen atoms in total. The highest BCUT2D eigenvalue weighted by molar-refractivity contribution is 8.25. The highest BCUT2D eigenvalue weighted by Crippen LogP contribution is 2.52. The molecular formula is C29H27NO5S2. The number of rotatable bonds is 5. The van der Waals surface area contributed by atoms with Gasteiger partial charge in [-0.25, -0.2) is 0 Å². The molecule has 1 saturated carbocycles. The van der Waals surface area contributed by atoms with E-state index in [1.165, 1.54) is 23.5 Å². The van der Waals surface area contributed by atoms with Crippen LogP contribution in [0.3, 0.4) is 0 Å². The van der Waals surface area contributed by atoms with E-state index in [9.17, 15) is 24.4 Å². The van der Waals surface area contributed by atoms with Crippen molar-refractivity contribution in [1.29, 1.82) is 5.26 Å². The number of ether oxygens (including phenoxy) is 1. The van der Waals surface area contributed by atoms with Crippen LogP contribution in [-0.2, 0) is 19.1 Å². The molecule has 2 aliphatic rings. The molecule has 0 N–H and O–H groups in total. The molecule has 2 fully saturated rings. The molecule has 0 unspecified atom stereocenters. The molecular weight excluding hydrogens is 506 g/mol. The van der Waals surface area contributed by atoms with Crippen molar-refractivity contribution in [2.45, 2.75) is 33.1 Å². The summed E-state index contributed by atoms with van der Waals surface area (Å²) in [6, 6.07) is 15.8. The maximum atomic E-state index is 14.3. The predicted octanol–water partition coefficient (Wildman–Crippen LogP) is 5.19. The summed E-state index contributed by atoms with van der Waals surface area (Å²) >= 11 is 2.79. The number of nitriles is 1. The van der Waals surface area contributed by atoms with Gasteiger partial charge in [-0.1, -0.05) is 59.7 Å². The third-order valence-electron chi connectivity index (χ3n) is 6.81. The molecule has 1 aliphatic heterocycles. The summed E-state index contributed by atoms with van der Waals surface area (Å²) in [4.78, 5) is 55.8. The van der Waals surface area contributed by atoms with Crippen LogP contribution in [0.4, 0.5) is 0 Å². The Bertz CT molecular complexity index is 1320. The van der Waals surface area contributed by atoms with Crippen LogP contribution in [0.5, 0.6) is 0 Å². The number of aryl methyl sites for hydroxylation is 2. The lowest BCUT2D eigenvalue weighted by atomic mass is 9.62. The van der Waals surface area contributed by atoms with Crippen LogP contribution in [0.25, 0.3) is 0 Å². The monoisotopic (exact) mass is 533 g/mol. The molecule has 4 rings (SSSR count). The molecule has 0 amide bonds. The van der Waals surface area contributed by atoms with E-state index >= 15 is 0 Å². The topological polar surface area (TPSA) is 101 Å². The number of esters is 1. The number of ketones is 3. The summed E-state index contributed by atoms with van der Waals surface area (Å²) < 4.78 is 5.94. The van der Waals surface area contributed by atoms with E-state index in [4.69, 9.17) is 4.74 Å². The molecule has 8 heteroatoms. The van der Waals surface area contributed by atoms with Crippen LogP contribution in [0.1, 0.15) is 46.3 Å². The lowest BCUT2D eigenvalue weighted by Crippen LogP contribution is -2.49. The zero-order valence-electron chi connectivity index (χ0n) is 20.9. The van der Waals surface area contributed by atoms with E-state index in [0.29, 0.717) is 9.80 Å². The average Bonchev–Trinajstić information content (AvgIpc) is 3.38. The van der Waals surface area contributed by atoms with Gasteiger partial charge in [-0.15, -0.1) is 23.5 Å². The Morgan fingerprint density at radius 2 is 1.57 bits per heavy atom. The van der Waals surface area contributed by atoms with Gasteiger partial charge < -0.3 is 4.74 Å². The van der Waals surface area contributed by atoms with E-state index in [0.717, 1.165) is 22.6 Å². The van der Waals surface area contributed by atoms with Crippen molar-refractivity contribution in [3.05, 3.63) is 80.6 Å². The smallest absolute Gasteiger partial charge is 0.328 e. The second-order valence-corrected chi connectivity index (χ2v) is 11.6. The lowest BCUT2D eigenvalue weighted by molar-refractivity contribution is -0.157. The minimum atomic E-state index is -2.23. The van der Waals surface area contributed by atoms with Crippen LogP contribution >= 0.6 is 23.5 Å². The van der Waals surface area contributed by atoms with Crippen molar-refractivity contribution < 1.29 is 23.9 Å². The summed E-state index contributed by atoms with van der Waals surface area (Å²) in [7, 11) is 0. The van der Waals surface area contributed by atoms with Crippen molar-refractivity contribution in [3.8, 4) is 6.07 Å². The molecule has 1 saturated heterocycles. The molecule has 3 atom stereocenters. The fraction of sp³-hybridized carbons (Fsp3) is 0.345. The second-order valence-electron chi connectivity index (χ2n) is 9.18. The Morgan fingerprint density at radius 1 is 1.00 bits per heavy atom. The number of hydrogen-bond donors (Lipinski definition) is 0. The fourth-order valence-corrected chi connectivity index (χ4v) is 7.48. The molecule has 0 bridgehead atoms. The molecule has 0 aromatic heterocycles. The van der Waals surface area contributed by atoms with E-state index in [1.54, 1.807) is 43.3 Å². The van der Waals surface area contributed by atoms with Gasteiger partial charge in [0.1, 0.15) is 5.92 Å². The van der Waals surface area contributed by atoms with Crippen LogP contribution in [0, 0.1) is 36.5 Å². The van der Waals surface area contributed by atoms with Crippen molar-refractivity contribution in [2.24, 2.45) is 11.3 Å². The SMILES string of the molecule is CCOC(=O)[C@@]1(C#N)[C@@H](C(=O)c2ccc(C)cc2)C(=O)C(=C2SCCS2)C(=O)C[C@@H]1c1ccc(C)cc1. The zero-order valence-corrected chi connectivity index (χ0v) is 22.5. The van der Waals surface area contributed by atoms with E-state index in [1.807, 2.05) is 26.0 Å². The maximum absolute atomic E-state index is 14.3. The summed E-state index contributed by atoms with van der Waals surface area (Å²) in [5.74, 6) is -4.21. The van der Waals surface area contributed by atoms with E-state index < -0.39 is 40.6 Å². The van der Waals surface area contributed by atoms with Gasteiger partial charge in [0, 0.05) is 29.4 Å². The quantitative estimate of drug-likeness (QED) is 0.129. The number of hydrogen-bond acceptors (Lipinski definition) is 8. The Labute approximate surface area is 224 Å². The summed E-state index contributed by atoms with van der Waals surface area (Å²) in [6.45, 7) is 5.32. The van der Waals surface area contributed by atoms with Gasteiger partial charge in [0.05, 0.1) is 22.5 Å². The number of carbonyl (C=O) groups is 4. The van der Waals surface area contributed by atoms with Crippen LogP contribution in [-0.4, -0.2) is 41.4 Å². The minimum absolute atomic E-state index is 0.0455. The molecule has 37 heavy (non-hydrogen) atoms. The Hall–Kier alpha value is -3.15. The summed E-state index contributed by atoms with van der Waals surface area (Å²) in [5.41, 5.74) is 0.289. The van der Waals surface area contributed by atoms with Crippen LogP contribution in [0.15, 0.2) is 58.3 Å². The standard InChI is InChI=1S/C29H27NO5S2/c1-4-35-28(34)29(16-30)21(19-9-5-17(2)6-10-19)15-22(31)23(27-36-13-14-37-27)26(33)24(29)25(32)20-11-7-18(3)8-12-20/h5-12,21,24H,4,13-15H2,1-3H3/t21-,24+,29-/m1/s1. The van der Waals surface area contributed by atoms with Gasteiger partial charge in [0.15, 0.2) is 22.8 Å². The van der Waals surface area contributed by atoms with Gasteiger partial charge in [-0.05, 0) is 26.3 Å². The number of allylic oxidation sites excluding steroid dienone is 1. The zero-order chi connectivity index (χ0) is 26.7. The fourth-order valence-electron chi connectivity index (χ4n) is 4.90. The van der Waals surface area contributed by atoms with Crippen molar-refractivity contribution in [3.63, 3.8) is 0 Å². The molecule has 1 heterocycles. The molecule has 2 aromatic rings. The number of carbonyl (C=O) groups excluding carboxylic acids is 4. The minimum Gasteiger partial charge on any atom is -0.465 e. The summed E-state index contributed by atoms with van der Waals surface area (Å²) in [5, 5.41) is 10.7. The van der Waals surface area contributed by atoms with Crippen molar-refractivity contribution in [1.82, 2.24) is 0 Å². The van der Waals surface area contributed by atoms with Gasteiger partial charge in [-0.2, -0.15) is 5.26 Å². The largest absolute Gasteiger partial charge is 0.465 e. The first kappa shape index (κ1) is 26.9. The van der Waals surface area contributed by atoms with Gasteiger partial charge in [0.2, 0.25) is 0 Å². The second kappa shape index (κ2) is 11.1. The molecule has 1 aliphatic carbocycles. The third-order valence-corrected chi connectivity index (χ3v) is 9.53. The maximum Gasteiger partial charge on any atom is 0.328 e. The number of nitrogens with zero attached hydrogens (tertiary/aromatic N) is 1. The number of Topliss-reactive ketones (excluding diaryl/α,β-unsaturated/α-hetero) is 3. The van der Waals surface area contributed by atoms with Crippen molar-refractivity contribution in [2.75, 3.05) is 18.1 Å². The highest BCUT2D eigenvalue weighted by Gasteiger charge is 2.63. The van der Waals surface area contributed by atoms with E-state index in [-0.39, 0.29) is 24.2 Å². The first-order valence-corrected chi connectivity index (χ1v) is 14.0. The molecule has 190 valence electrons. The lowest BCUT2D eigenvalue weighted by Gasteiger charge is -2.35. The van der Waals surface area contributed by atoms with Crippen LogP contribution < -0.4 is 0 Å². The number of benzene rings is 2. The Kier molecular flexibility index (Phi) is 8.05. The molecule has 0 spiro atoms. The van der Waals surface area contributed by atoms with Gasteiger partial charge in [-0.3, -0.25) is 19.2 Å². The number of thioether (sulfide) groups is 2. The third kappa shape index (κ3) is 4.90. The molecule has 2 aromatic carbocycles. The Morgan fingerprint density at radius 3 is 2.11 bits per heavy atom. The van der Waals surface area contributed by atoms with E-state index in [2.05, 4.69) is 6.07 Å². The first-order valence-electron chi connectivity index (χ1n) is 12.1. The normalized spacial score (nSPS) is 23.9. The Balaban J connectivity index is 2.04. The molecule has 0 radical (unpaired) electrons. The summed E-state index contributed by atoms with van der Waals surface area (Å²) in [6.07, 6.45) is -0.265. The van der Waals surface area contributed by atoms with Crippen molar-refractivity contribution >= 4 is 46.8 Å². The van der Waals surface area contributed by atoms with Gasteiger partial charge >= 0.3 is 5.97 Å². The average molecular weight is 534 g/mol. The van der Waals surface area contributed by atoms with Crippen LogP contribution in [0.2, 0.25) is 0 Å². The van der Waals surface area contributed by atoms with Gasteiger partial charge in [0.25, 0.3) is 0 Å². The highest BCUT2D eigenvalue weighted by atomic mass is 32.2. The predicted molar refractivity (Wildman–Crippen MR) is 144 cm³/mol.